The topological polar surface area (TPSA) is 66.7 Å². The summed E-state index contributed by atoms with van der Waals surface area (Å²) in [6.45, 7) is 0. The zero-order valence-electron chi connectivity index (χ0n) is 13.6. The van der Waals surface area contributed by atoms with Crippen LogP contribution >= 0.6 is 11.6 Å². The molecule has 1 aliphatic rings. The average Bonchev–Trinajstić information content (AvgIpc) is 3.02. The van der Waals surface area contributed by atoms with Crippen molar-refractivity contribution in [2.75, 3.05) is 0 Å². The minimum Gasteiger partial charge on any atom is -0.306 e. The number of hydrogen-bond donors (Lipinski definition) is 1. The Balaban J connectivity index is 1.71. The lowest BCUT2D eigenvalue weighted by molar-refractivity contribution is 0.0977. The summed E-state index contributed by atoms with van der Waals surface area (Å²) in [4.78, 5) is 25.5. The molecule has 2 heterocycles. The number of aliphatic imine (C=N–C) groups is 2. The lowest BCUT2D eigenvalue weighted by Crippen LogP contribution is -2.30. The summed E-state index contributed by atoms with van der Waals surface area (Å²) in [5.41, 5.74) is 2.80. The van der Waals surface area contributed by atoms with Gasteiger partial charge in [-0.05, 0) is 24.3 Å². The number of nitrogens with zero attached hydrogens (tertiary/aromatic N) is 3. The summed E-state index contributed by atoms with van der Waals surface area (Å²) >= 11 is 6.20. The van der Waals surface area contributed by atoms with Crippen LogP contribution in [-0.2, 0) is 0 Å². The van der Waals surface area contributed by atoms with E-state index in [0.717, 1.165) is 11.1 Å². The van der Waals surface area contributed by atoms with E-state index >= 15 is 0 Å². The number of hydrogen-bond acceptors (Lipinski definition) is 3. The first-order valence-electron chi connectivity index (χ1n) is 7.95. The molecule has 0 saturated carbocycles. The largest absolute Gasteiger partial charge is 0.306 e. The van der Waals surface area contributed by atoms with Gasteiger partial charge in [-0.2, -0.15) is 0 Å². The van der Waals surface area contributed by atoms with E-state index in [4.69, 9.17) is 11.6 Å². The van der Waals surface area contributed by atoms with Crippen molar-refractivity contribution in [1.29, 1.82) is 0 Å². The van der Waals surface area contributed by atoms with Crippen LogP contribution in [0.15, 0.2) is 83.0 Å². The molecule has 1 amide bonds. The molecule has 1 aromatic heterocycles. The molecule has 4 rings (SSSR count). The number of fused-ring (bicyclic) bond motifs is 1. The first-order valence-corrected chi connectivity index (χ1v) is 8.33. The molecule has 0 unspecified atom stereocenters. The Morgan fingerprint density at radius 2 is 1.62 bits per heavy atom. The second-order valence-electron chi connectivity index (χ2n) is 5.58. The second kappa shape index (κ2) is 6.90. The molecule has 1 aliphatic heterocycles. The minimum atomic E-state index is -0.250. The van der Waals surface area contributed by atoms with Crippen LogP contribution in [0.2, 0.25) is 5.02 Å². The summed E-state index contributed by atoms with van der Waals surface area (Å²) in [6.07, 6.45) is 3.15. The Morgan fingerprint density at radius 3 is 2.38 bits per heavy atom. The molecular weight excluding hydrogens is 348 g/mol. The highest BCUT2D eigenvalue weighted by atomic mass is 35.5. The Bertz CT molecular complexity index is 1040. The van der Waals surface area contributed by atoms with Crippen molar-refractivity contribution >= 4 is 34.9 Å². The molecule has 1 N–H and O–H groups in total. The van der Waals surface area contributed by atoms with Gasteiger partial charge in [0, 0.05) is 29.1 Å². The van der Waals surface area contributed by atoms with Crippen LogP contribution in [0.25, 0.3) is 0 Å². The smallest absolute Gasteiger partial charge is 0.256 e. The normalized spacial score (nSPS) is 14.0. The van der Waals surface area contributed by atoms with Gasteiger partial charge >= 0.3 is 0 Å². The number of carbonyl (C=O) groups is 1. The molecule has 0 atom stereocenters. The van der Waals surface area contributed by atoms with Gasteiger partial charge in [0.25, 0.3) is 5.91 Å². The van der Waals surface area contributed by atoms with E-state index < -0.39 is 0 Å². The van der Waals surface area contributed by atoms with Crippen molar-refractivity contribution < 1.29 is 4.79 Å². The number of pyridine rings is 1. The molecule has 126 valence electrons. The number of nitrogens with one attached hydrogen (secondary N) is 1. The summed E-state index contributed by atoms with van der Waals surface area (Å²) < 4.78 is 0. The quantitative estimate of drug-likeness (QED) is 0.750. The third-order valence-electron chi connectivity index (χ3n) is 3.89. The lowest BCUT2D eigenvalue weighted by atomic mass is 10.1. The molecule has 3 aromatic rings. The fourth-order valence-electron chi connectivity index (χ4n) is 2.63. The Morgan fingerprint density at radius 1 is 0.923 bits per heavy atom. The standard InChI is InChI=1S/C20H13ClN4O/c21-16-7-3-4-8-17(16)23-18-14-5-1-2-6-15(14)19(24-18)25-20(26)13-9-11-22-12-10-13/h1-12H,(H,23,24,25,26). The monoisotopic (exact) mass is 360 g/mol. The Labute approximate surface area is 155 Å². The number of aromatic nitrogens is 1. The summed E-state index contributed by atoms with van der Waals surface area (Å²) in [7, 11) is 0. The van der Waals surface area contributed by atoms with E-state index in [-0.39, 0.29) is 5.91 Å². The highest BCUT2D eigenvalue weighted by Crippen LogP contribution is 2.27. The maximum absolute atomic E-state index is 12.4. The van der Waals surface area contributed by atoms with Crippen molar-refractivity contribution in [1.82, 2.24) is 10.3 Å². The number of benzene rings is 2. The van der Waals surface area contributed by atoms with Crippen molar-refractivity contribution in [3.05, 3.63) is 94.8 Å². The van der Waals surface area contributed by atoms with Gasteiger partial charge in [-0.25, -0.2) is 9.98 Å². The third kappa shape index (κ3) is 3.12. The van der Waals surface area contributed by atoms with Gasteiger partial charge in [0.05, 0.1) is 10.7 Å². The van der Waals surface area contributed by atoms with E-state index in [1.54, 1.807) is 30.6 Å². The van der Waals surface area contributed by atoms with Gasteiger partial charge in [0.15, 0.2) is 5.84 Å². The lowest BCUT2D eigenvalue weighted by Gasteiger charge is -2.05. The van der Waals surface area contributed by atoms with Crippen molar-refractivity contribution in [3.8, 4) is 0 Å². The number of amides is 1. The molecule has 0 radical (unpaired) electrons. The first-order chi connectivity index (χ1) is 12.7. The van der Waals surface area contributed by atoms with Crippen LogP contribution in [0.1, 0.15) is 21.5 Å². The van der Waals surface area contributed by atoms with Gasteiger partial charge in [-0.3, -0.25) is 9.78 Å². The predicted octanol–water partition coefficient (Wildman–Crippen LogP) is 4.00. The van der Waals surface area contributed by atoms with Crippen LogP contribution < -0.4 is 5.32 Å². The zero-order chi connectivity index (χ0) is 17.9. The number of amidine groups is 2. The van der Waals surface area contributed by atoms with E-state index in [2.05, 4.69) is 20.3 Å². The van der Waals surface area contributed by atoms with Crippen LogP contribution in [0, 0.1) is 0 Å². The predicted molar refractivity (Wildman–Crippen MR) is 102 cm³/mol. The van der Waals surface area contributed by atoms with E-state index in [9.17, 15) is 4.79 Å². The van der Waals surface area contributed by atoms with Gasteiger partial charge < -0.3 is 5.32 Å². The van der Waals surface area contributed by atoms with Gasteiger partial charge in [-0.15, -0.1) is 0 Å². The molecule has 0 aliphatic carbocycles. The Hall–Kier alpha value is -3.31. The Kier molecular flexibility index (Phi) is 4.29. The highest BCUT2D eigenvalue weighted by molar-refractivity contribution is 6.33. The van der Waals surface area contributed by atoms with Crippen LogP contribution in [-0.4, -0.2) is 22.6 Å². The first kappa shape index (κ1) is 16.2. The SMILES string of the molecule is O=C(NC1=NC(=Nc2ccccc2Cl)c2ccccc21)c1ccncc1. The molecular formula is C20H13ClN4O. The maximum atomic E-state index is 12.4. The molecule has 0 bridgehead atoms. The van der Waals surface area contributed by atoms with E-state index in [1.807, 2.05) is 42.5 Å². The number of carbonyl (C=O) groups excluding carboxylic acids is 1. The summed E-state index contributed by atoms with van der Waals surface area (Å²) in [5.74, 6) is 0.729. The number of para-hydroxylation sites is 1. The van der Waals surface area contributed by atoms with Crippen LogP contribution in [0.4, 0.5) is 5.69 Å². The van der Waals surface area contributed by atoms with Gasteiger partial charge in [0.2, 0.25) is 0 Å². The third-order valence-corrected chi connectivity index (χ3v) is 4.21. The molecule has 0 saturated heterocycles. The molecule has 2 aromatic carbocycles. The minimum absolute atomic E-state index is 0.250. The molecule has 5 nitrogen and oxygen atoms in total. The van der Waals surface area contributed by atoms with Gasteiger partial charge in [0.1, 0.15) is 5.84 Å². The summed E-state index contributed by atoms with van der Waals surface area (Å²) in [5, 5.41) is 3.39. The maximum Gasteiger partial charge on any atom is 0.256 e. The zero-order valence-corrected chi connectivity index (χ0v) is 14.3. The van der Waals surface area contributed by atoms with Gasteiger partial charge in [-0.1, -0.05) is 48.0 Å². The van der Waals surface area contributed by atoms with Crippen LogP contribution in [0.5, 0.6) is 0 Å². The van der Waals surface area contributed by atoms with Crippen molar-refractivity contribution in [2.24, 2.45) is 9.98 Å². The average molecular weight is 361 g/mol. The molecule has 0 fully saturated rings. The van der Waals surface area contributed by atoms with E-state index in [0.29, 0.717) is 27.9 Å². The molecule has 6 heteroatoms. The molecule has 26 heavy (non-hydrogen) atoms. The number of rotatable bonds is 2. The van der Waals surface area contributed by atoms with Crippen molar-refractivity contribution in [3.63, 3.8) is 0 Å². The fourth-order valence-corrected chi connectivity index (χ4v) is 2.81. The molecule has 0 spiro atoms. The highest BCUT2D eigenvalue weighted by Gasteiger charge is 2.23. The summed E-state index contributed by atoms with van der Waals surface area (Å²) in [6, 6.07) is 18.2. The fraction of sp³-hybridized carbons (Fsp3) is 0. The number of halogens is 1. The van der Waals surface area contributed by atoms with Crippen LogP contribution in [0.3, 0.4) is 0 Å². The van der Waals surface area contributed by atoms with E-state index in [1.165, 1.54) is 0 Å². The second-order valence-corrected chi connectivity index (χ2v) is 5.99. The van der Waals surface area contributed by atoms with Crippen molar-refractivity contribution in [2.45, 2.75) is 0 Å².